The number of aryl methyl sites for hydroxylation is 3. The van der Waals surface area contributed by atoms with Gasteiger partial charge >= 0.3 is 0 Å². The summed E-state index contributed by atoms with van der Waals surface area (Å²) in [6.45, 7) is 6.92. The monoisotopic (exact) mass is 440 g/mol. The van der Waals surface area contributed by atoms with E-state index in [9.17, 15) is 0 Å². The molecule has 3 aromatic carbocycles. The van der Waals surface area contributed by atoms with E-state index >= 15 is 0 Å². The van der Waals surface area contributed by atoms with Crippen LogP contribution in [0.15, 0.2) is 48.5 Å². The van der Waals surface area contributed by atoms with Crippen molar-refractivity contribution < 1.29 is 9.47 Å². The summed E-state index contributed by atoms with van der Waals surface area (Å²) in [7, 11) is 0. The SMILES string of the molecule is CCOCc1cc(N)c(Nc2ccc(C#N)cc2)cc1Oc1c(C)cc(CCC#N)cc1C. The molecule has 0 spiro atoms. The minimum atomic E-state index is 0.380. The second-order valence-corrected chi connectivity index (χ2v) is 7.82. The first-order valence-electron chi connectivity index (χ1n) is 10.9. The van der Waals surface area contributed by atoms with Gasteiger partial charge in [-0.2, -0.15) is 10.5 Å². The molecule has 0 aromatic heterocycles. The molecule has 0 aliphatic heterocycles. The Hall–Kier alpha value is -4.00. The Labute approximate surface area is 195 Å². The number of nitrogen functional groups attached to an aromatic ring is 1. The molecule has 6 nitrogen and oxygen atoms in total. The van der Waals surface area contributed by atoms with Crippen molar-refractivity contribution in [2.24, 2.45) is 0 Å². The number of hydrogen-bond acceptors (Lipinski definition) is 6. The number of ether oxygens (including phenoxy) is 2. The molecular formula is C27H28N4O2. The van der Waals surface area contributed by atoms with E-state index in [1.807, 2.05) is 45.0 Å². The van der Waals surface area contributed by atoms with Gasteiger partial charge in [0, 0.05) is 30.3 Å². The van der Waals surface area contributed by atoms with E-state index in [1.165, 1.54) is 0 Å². The predicted octanol–water partition coefficient (Wildman–Crippen LogP) is 6.29. The average molecular weight is 441 g/mol. The molecule has 0 radical (unpaired) electrons. The molecular weight excluding hydrogens is 412 g/mol. The van der Waals surface area contributed by atoms with E-state index in [2.05, 4.69) is 29.6 Å². The molecule has 0 heterocycles. The van der Waals surface area contributed by atoms with Crippen LogP contribution >= 0.6 is 0 Å². The van der Waals surface area contributed by atoms with Gasteiger partial charge in [-0.3, -0.25) is 0 Å². The summed E-state index contributed by atoms with van der Waals surface area (Å²) in [5.74, 6) is 1.44. The van der Waals surface area contributed by atoms with Crippen molar-refractivity contribution in [1.82, 2.24) is 0 Å². The zero-order valence-corrected chi connectivity index (χ0v) is 19.2. The van der Waals surface area contributed by atoms with Crippen LogP contribution in [0, 0.1) is 36.5 Å². The van der Waals surface area contributed by atoms with Crippen LogP contribution in [0.1, 0.15) is 41.2 Å². The fourth-order valence-corrected chi connectivity index (χ4v) is 3.61. The highest BCUT2D eigenvalue weighted by Crippen LogP contribution is 2.37. The van der Waals surface area contributed by atoms with Crippen molar-refractivity contribution >= 4 is 17.1 Å². The van der Waals surface area contributed by atoms with Gasteiger partial charge in [0.1, 0.15) is 11.5 Å². The Morgan fingerprint density at radius 3 is 2.30 bits per heavy atom. The van der Waals surface area contributed by atoms with Crippen molar-refractivity contribution in [2.75, 3.05) is 17.7 Å². The van der Waals surface area contributed by atoms with Crippen molar-refractivity contribution in [3.05, 3.63) is 76.3 Å². The number of nitriles is 2. The van der Waals surface area contributed by atoms with E-state index in [-0.39, 0.29) is 0 Å². The number of benzene rings is 3. The smallest absolute Gasteiger partial charge is 0.135 e. The van der Waals surface area contributed by atoms with Crippen LogP contribution in [-0.4, -0.2) is 6.61 Å². The van der Waals surface area contributed by atoms with Gasteiger partial charge in [-0.05, 0) is 74.2 Å². The Morgan fingerprint density at radius 2 is 1.70 bits per heavy atom. The summed E-state index contributed by atoms with van der Waals surface area (Å²) < 4.78 is 12.1. The first kappa shape index (κ1) is 23.7. The lowest BCUT2D eigenvalue weighted by Crippen LogP contribution is -2.03. The summed E-state index contributed by atoms with van der Waals surface area (Å²) >= 11 is 0. The van der Waals surface area contributed by atoms with Crippen LogP contribution in [0.5, 0.6) is 11.5 Å². The average Bonchev–Trinajstić information content (AvgIpc) is 2.81. The Bertz CT molecular complexity index is 1180. The van der Waals surface area contributed by atoms with Crippen LogP contribution in [0.4, 0.5) is 17.1 Å². The third-order valence-corrected chi connectivity index (χ3v) is 5.24. The maximum atomic E-state index is 9.01. The fraction of sp³-hybridized carbons (Fsp3) is 0.259. The minimum absolute atomic E-state index is 0.380. The molecule has 0 saturated carbocycles. The highest BCUT2D eigenvalue weighted by molar-refractivity contribution is 5.76. The molecule has 0 aliphatic rings. The molecule has 6 heteroatoms. The van der Waals surface area contributed by atoms with Crippen molar-refractivity contribution in [3.63, 3.8) is 0 Å². The normalized spacial score (nSPS) is 10.3. The lowest BCUT2D eigenvalue weighted by Gasteiger charge is -2.19. The largest absolute Gasteiger partial charge is 0.456 e. The zero-order valence-electron chi connectivity index (χ0n) is 19.2. The molecule has 168 valence electrons. The first-order valence-corrected chi connectivity index (χ1v) is 10.9. The lowest BCUT2D eigenvalue weighted by atomic mass is 10.0. The molecule has 3 rings (SSSR count). The second-order valence-electron chi connectivity index (χ2n) is 7.82. The molecule has 3 aromatic rings. The van der Waals surface area contributed by atoms with Gasteiger partial charge in [0.15, 0.2) is 0 Å². The molecule has 0 aliphatic carbocycles. The Balaban J connectivity index is 1.96. The second kappa shape index (κ2) is 11.0. The highest BCUT2D eigenvalue weighted by Gasteiger charge is 2.14. The summed E-state index contributed by atoms with van der Waals surface area (Å²) in [5, 5.41) is 21.2. The van der Waals surface area contributed by atoms with Gasteiger partial charge in [0.05, 0.1) is 35.7 Å². The standard InChI is InChI=1S/C27H28N4O2/c1-4-32-17-22-14-24(30)25(31-23-9-7-20(16-29)8-10-23)15-26(22)33-27-18(2)12-21(6-5-11-28)13-19(27)3/h7-10,12-15,31H,4-6,17,30H2,1-3H3. The maximum absolute atomic E-state index is 9.01. The molecule has 0 atom stereocenters. The van der Waals surface area contributed by atoms with E-state index in [4.69, 9.17) is 25.7 Å². The predicted molar refractivity (Wildman–Crippen MR) is 131 cm³/mol. The van der Waals surface area contributed by atoms with Gasteiger partial charge in [-0.25, -0.2) is 0 Å². The zero-order chi connectivity index (χ0) is 23.8. The minimum Gasteiger partial charge on any atom is -0.456 e. The van der Waals surface area contributed by atoms with E-state index in [0.29, 0.717) is 48.7 Å². The maximum Gasteiger partial charge on any atom is 0.135 e. The molecule has 0 fully saturated rings. The highest BCUT2D eigenvalue weighted by atomic mass is 16.5. The molecule has 0 amide bonds. The van der Waals surface area contributed by atoms with Gasteiger partial charge in [0.2, 0.25) is 0 Å². The van der Waals surface area contributed by atoms with Crippen molar-refractivity contribution in [3.8, 4) is 23.6 Å². The van der Waals surface area contributed by atoms with Crippen LogP contribution in [0.3, 0.4) is 0 Å². The Kier molecular flexibility index (Phi) is 7.91. The molecule has 33 heavy (non-hydrogen) atoms. The van der Waals surface area contributed by atoms with Crippen LogP contribution < -0.4 is 15.8 Å². The van der Waals surface area contributed by atoms with Gasteiger partial charge in [0.25, 0.3) is 0 Å². The van der Waals surface area contributed by atoms with Gasteiger partial charge in [-0.15, -0.1) is 0 Å². The summed E-state index contributed by atoms with van der Waals surface area (Å²) in [5.41, 5.74) is 13.0. The van der Waals surface area contributed by atoms with Gasteiger partial charge in [-0.1, -0.05) is 12.1 Å². The topological polar surface area (TPSA) is 104 Å². The number of anilines is 3. The van der Waals surface area contributed by atoms with E-state index in [0.717, 1.165) is 33.7 Å². The molecule has 3 N–H and O–H groups in total. The number of hydrogen-bond donors (Lipinski definition) is 2. The van der Waals surface area contributed by atoms with E-state index in [1.54, 1.807) is 12.1 Å². The summed E-state index contributed by atoms with van der Waals surface area (Å²) in [4.78, 5) is 0. The first-order chi connectivity index (χ1) is 15.9. The van der Waals surface area contributed by atoms with E-state index < -0.39 is 0 Å². The number of nitrogens with one attached hydrogen (secondary N) is 1. The van der Waals surface area contributed by atoms with Crippen LogP contribution in [-0.2, 0) is 17.8 Å². The molecule has 0 unspecified atom stereocenters. The van der Waals surface area contributed by atoms with Gasteiger partial charge < -0.3 is 20.5 Å². The molecule has 0 bridgehead atoms. The summed E-state index contributed by atoms with van der Waals surface area (Å²) in [6.07, 6.45) is 1.20. The lowest BCUT2D eigenvalue weighted by molar-refractivity contribution is 0.132. The Morgan fingerprint density at radius 1 is 1.00 bits per heavy atom. The third kappa shape index (κ3) is 6.04. The number of nitrogens with two attached hydrogens (primary N) is 1. The summed E-state index contributed by atoms with van der Waals surface area (Å²) in [6, 6.07) is 19.4. The quantitative estimate of drug-likeness (QED) is 0.379. The number of rotatable bonds is 9. The molecule has 0 saturated heterocycles. The fourth-order valence-electron chi connectivity index (χ4n) is 3.61. The van der Waals surface area contributed by atoms with Crippen molar-refractivity contribution in [2.45, 2.75) is 40.2 Å². The van der Waals surface area contributed by atoms with Crippen LogP contribution in [0.25, 0.3) is 0 Å². The third-order valence-electron chi connectivity index (χ3n) is 5.24. The van der Waals surface area contributed by atoms with Crippen molar-refractivity contribution in [1.29, 1.82) is 10.5 Å². The van der Waals surface area contributed by atoms with Crippen LogP contribution in [0.2, 0.25) is 0 Å². The number of nitrogens with zero attached hydrogens (tertiary/aromatic N) is 2.